The van der Waals surface area contributed by atoms with Crippen molar-refractivity contribution in [3.05, 3.63) is 34.9 Å². The molecule has 0 radical (unpaired) electrons. The second kappa shape index (κ2) is 4.71. The summed E-state index contributed by atoms with van der Waals surface area (Å²) in [5.74, 6) is -0.290. The highest BCUT2D eigenvalue weighted by molar-refractivity contribution is 6.31. The van der Waals surface area contributed by atoms with Gasteiger partial charge in [-0.1, -0.05) is 23.7 Å². The molecule has 0 saturated carbocycles. The minimum atomic E-state index is -0.839. The van der Waals surface area contributed by atoms with Gasteiger partial charge in [-0.3, -0.25) is 9.59 Å². The summed E-state index contributed by atoms with van der Waals surface area (Å²) < 4.78 is 0. The molecule has 18 heavy (non-hydrogen) atoms. The number of carbonyl (C=O) groups is 2. The van der Waals surface area contributed by atoms with E-state index in [9.17, 15) is 9.59 Å². The van der Waals surface area contributed by atoms with E-state index in [1.807, 2.05) is 0 Å². The third kappa shape index (κ3) is 2.54. The molecular weight excluding hydrogens is 252 g/mol. The van der Waals surface area contributed by atoms with Crippen LogP contribution in [0.25, 0.3) is 0 Å². The number of Topliss-reactive ketones (excluding diaryl/α,β-unsaturated/α-hetero) is 1. The third-order valence-corrected chi connectivity index (χ3v) is 3.39. The Kier molecular flexibility index (Phi) is 3.41. The molecule has 2 N–H and O–H groups in total. The van der Waals surface area contributed by atoms with Crippen LogP contribution >= 0.6 is 11.6 Å². The summed E-state index contributed by atoms with van der Waals surface area (Å²) in [5, 5.41) is 0.511. The zero-order valence-corrected chi connectivity index (χ0v) is 10.9. The van der Waals surface area contributed by atoms with E-state index in [0.29, 0.717) is 23.6 Å². The van der Waals surface area contributed by atoms with Crippen molar-refractivity contribution in [1.29, 1.82) is 0 Å². The van der Waals surface area contributed by atoms with Gasteiger partial charge < -0.3 is 10.6 Å². The van der Waals surface area contributed by atoms with Crippen LogP contribution in [0.3, 0.4) is 0 Å². The van der Waals surface area contributed by atoms with E-state index in [1.165, 1.54) is 4.90 Å². The lowest BCUT2D eigenvalue weighted by molar-refractivity contribution is -0.131. The molecule has 1 fully saturated rings. The standard InChI is InChI=1S/C13H15ClN2O2/c1-13(15)5-6-16(12(13)18)8-11(17)9-3-2-4-10(14)7-9/h2-4,7H,5-6,8,15H2,1H3. The second-order valence-corrected chi connectivity index (χ2v) is 5.26. The van der Waals surface area contributed by atoms with Crippen LogP contribution in [0.2, 0.25) is 5.02 Å². The molecule has 0 aromatic heterocycles. The number of nitrogens with two attached hydrogens (primary N) is 1. The van der Waals surface area contributed by atoms with Crippen LogP contribution in [-0.4, -0.2) is 35.2 Å². The zero-order chi connectivity index (χ0) is 13.3. The summed E-state index contributed by atoms with van der Waals surface area (Å²) in [6.07, 6.45) is 0.578. The van der Waals surface area contributed by atoms with Gasteiger partial charge in [-0.25, -0.2) is 0 Å². The maximum Gasteiger partial charge on any atom is 0.242 e. The number of benzene rings is 1. The molecule has 5 heteroatoms. The van der Waals surface area contributed by atoms with Gasteiger partial charge in [0, 0.05) is 17.1 Å². The normalized spacial score (nSPS) is 23.5. The highest BCUT2D eigenvalue weighted by Gasteiger charge is 2.39. The molecule has 1 atom stereocenters. The Bertz CT molecular complexity index is 500. The van der Waals surface area contributed by atoms with Gasteiger partial charge in [0.25, 0.3) is 0 Å². The van der Waals surface area contributed by atoms with Gasteiger partial charge in [-0.05, 0) is 25.5 Å². The number of hydrogen-bond donors (Lipinski definition) is 1. The summed E-state index contributed by atoms with van der Waals surface area (Å²) in [6.45, 7) is 2.28. The number of nitrogens with zero attached hydrogens (tertiary/aromatic N) is 1. The molecule has 1 saturated heterocycles. The quantitative estimate of drug-likeness (QED) is 0.843. The van der Waals surface area contributed by atoms with E-state index in [-0.39, 0.29) is 18.2 Å². The predicted molar refractivity (Wildman–Crippen MR) is 69.6 cm³/mol. The molecule has 1 aliphatic rings. The van der Waals surface area contributed by atoms with Crippen LogP contribution < -0.4 is 5.73 Å². The number of amides is 1. The SMILES string of the molecule is CC1(N)CCN(CC(=O)c2cccc(Cl)c2)C1=O. The summed E-state index contributed by atoms with van der Waals surface area (Å²) in [4.78, 5) is 25.4. The van der Waals surface area contributed by atoms with Crippen LogP contribution in [0.5, 0.6) is 0 Å². The molecule has 1 unspecified atom stereocenters. The van der Waals surface area contributed by atoms with Crippen molar-refractivity contribution in [3.63, 3.8) is 0 Å². The molecule has 1 aliphatic heterocycles. The first-order valence-electron chi connectivity index (χ1n) is 5.77. The molecule has 1 aromatic carbocycles. The van der Waals surface area contributed by atoms with E-state index >= 15 is 0 Å². The largest absolute Gasteiger partial charge is 0.333 e. The fourth-order valence-corrected chi connectivity index (χ4v) is 2.20. The summed E-state index contributed by atoms with van der Waals surface area (Å²) >= 11 is 5.83. The van der Waals surface area contributed by atoms with E-state index in [4.69, 9.17) is 17.3 Å². The maximum atomic E-state index is 12.0. The Morgan fingerprint density at radius 2 is 2.28 bits per heavy atom. The van der Waals surface area contributed by atoms with Crippen molar-refractivity contribution >= 4 is 23.3 Å². The van der Waals surface area contributed by atoms with Crippen LogP contribution in [0, 0.1) is 0 Å². The monoisotopic (exact) mass is 266 g/mol. The fourth-order valence-electron chi connectivity index (χ4n) is 2.01. The lowest BCUT2D eigenvalue weighted by Crippen LogP contribution is -2.46. The van der Waals surface area contributed by atoms with E-state index in [1.54, 1.807) is 31.2 Å². The molecule has 4 nitrogen and oxygen atoms in total. The van der Waals surface area contributed by atoms with Crippen LogP contribution in [0.15, 0.2) is 24.3 Å². The molecule has 1 heterocycles. The van der Waals surface area contributed by atoms with Gasteiger partial charge in [0.15, 0.2) is 5.78 Å². The molecule has 96 valence electrons. The smallest absolute Gasteiger partial charge is 0.242 e. The third-order valence-electron chi connectivity index (χ3n) is 3.16. The van der Waals surface area contributed by atoms with Gasteiger partial charge in [0.05, 0.1) is 12.1 Å². The molecule has 1 aromatic rings. The maximum absolute atomic E-state index is 12.0. The zero-order valence-electron chi connectivity index (χ0n) is 10.1. The Hall–Kier alpha value is -1.39. The summed E-state index contributed by atoms with van der Waals surface area (Å²) in [5.41, 5.74) is 5.50. The number of hydrogen-bond acceptors (Lipinski definition) is 3. The molecular formula is C13H15ClN2O2. The minimum Gasteiger partial charge on any atom is -0.333 e. The average Bonchev–Trinajstić information content (AvgIpc) is 2.56. The second-order valence-electron chi connectivity index (χ2n) is 4.83. The first-order valence-corrected chi connectivity index (χ1v) is 6.15. The lowest BCUT2D eigenvalue weighted by Gasteiger charge is -2.18. The van der Waals surface area contributed by atoms with E-state index < -0.39 is 5.54 Å². The number of likely N-dealkylation sites (tertiary alicyclic amines) is 1. The Labute approximate surface area is 111 Å². The van der Waals surface area contributed by atoms with Gasteiger partial charge in [-0.2, -0.15) is 0 Å². The van der Waals surface area contributed by atoms with Gasteiger partial charge in [0.2, 0.25) is 5.91 Å². The first-order chi connectivity index (χ1) is 8.40. The number of halogens is 1. The summed E-state index contributed by atoms with van der Waals surface area (Å²) in [7, 11) is 0. The van der Waals surface area contributed by atoms with E-state index in [2.05, 4.69) is 0 Å². The average molecular weight is 267 g/mol. The van der Waals surface area contributed by atoms with Crippen molar-refractivity contribution in [2.45, 2.75) is 18.9 Å². The Morgan fingerprint density at radius 1 is 1.56 bits per heavy atom. The molecule has 0 aliphatic carbocycles. The van der Waals surface area contributed by atoms with Crippen molar-refractivity contribution in [2.75, 3.05) is 13.1 Å². The first kappa shape index (κ1) is 13.1. The van der Waals surface area contributed by atoms with Crippen LogP contribution in [-0.2, 0) is 4.79 Å². The van der Waals surface area contributed by atoms with Crippen molar-refractivity contribution in [1.82, 2.24) is 4.90 Å². The highest BCUT2D eigenvalue weighted by Crippen LogP contribution is 2.20. The van der Waals surface area contributed by atoms with Crippen LogP contribution in [0.1, 0.15) is 23.7 Å². The molecule has 2 rings (SSSR count). The summed E-state index contributed by atoms with van der Waals surface area (Å²) in [6, 6.07) is 6.72. The Balaban J connectivity index is 2.07. The number of rotatable bonds is 3. The van der Waals surface area contributed by atoms with Gasteiger partial charge in [-0.15, -0.1) is 0 Å². The van der Waals surface area contributed by atoms with Crippen LogP contribution in [0.4, 0.5) is 0 Å². The van der Waals surface area contributed by atoms with E-state index in [0.717, 1.165) is 0 Å². The number of carbonyl (C=O) groups excluding carboxylic acids is 2. The minimum absolute atomic E-state index is 0.0615. The Morgan fingerprint density at radius 3 is 2.83 bits per heavy atom. The predicted octanol–water partition coefficient (Wildman–Crippen LogP) is 1.47. The topological polar surface area (TPSA) is 63.4 Å². The molecule has 0 bridgehead atoms. The highest BCUT2D eigenvalue weighted by atomic mass is 35.5. The number of ketones is 1. The molecule has 0 spiro atoms. The van der Waals surface area contributed by atoms with Crippen molar-refractivity contribution < 1.29 is 9.59 Å². The fraction of sp³-hybridized carbons (Fsp3) is 0.385. The van der Waals surface area contributed by atoms with Gasteiger partial charge in [0.1, 0.15) is 0 Å². The van der Waals surface area contributed by atoms with Crippen molar-refractivity contribution in [3.8, 4) is 0 Å². The molecule has 1 amide bonds. The van der Waals surface area contributed by atoms with Gasteiger partial charge >= 0.3 is 0 Å². The lowest BCUT2D eigenvalue weighted by atomic mass is 10.0. The van der Waals surface area contributed by atoms with Crippen molar-refractivity contribution in [2.24, 2.45) is 5.73 Å².